The first-order valence-corrected chi connectivity index (χ1v) is 11.9. The Balaban J connectivity index is 1.41. The van der Waals surface area contributed by atoms with Crippen molar-refractivity contribution in [2.75, 3.05) is 11.9 Å². The third kappa shape index (κ3) is 4.77. The minimum absolute atomic E-state index is 0.0732. The van der Waals surface area contributed by atoms with Crippen molar-refractivity contribution in [3.05, 3.63) is 47.1 Å². The minimum atomic E-state index is -0.293. The van der Waals surface area contributed by atoms with E-state index in [0.29, 0.717) is 5.13 Å². The number of nitrogens with one attached hydrogen (secondary N) is 1. The molecule has 0 radical (unpaired) electrons. The Hall–Kier alpha value is -2.16. The van der Waals surface area contributed by atoms with Crippen molar-refractivity contribution in [2.24, 2.45) is 0 Å². The van der Waals surface area contributed by atoms with E-state index < -0.39 is 0 Å². The number of amides is 1. The van der Waals surface area contributed by atoms with Crippen molar-refractivity contribution in [2.45, 2.75) is 56.7 Å². The number of hydrogen-bond acceptors (Lipinski definition) is 6. The van der Waals surface area contributed by atoms with Crippen LogP contribution in [-0.2, 0) is 16.1 Å². The van der Waals surface area contributed by atoms with Crippen molar-refractivity contribution in [1.82, 2.24) is 14.5 Å². The summed E-state index contributed by atoms with van der Waals surface area (Å²) in [5, 5.41) is 6.10. The summed E-state index contributed by atoms with van der Waals surface area (Å²) in [7, 11) is 0. The van der Waals surface area contributed by atoms with Gasteiger partial charge in [0.15, 0.2) is 10.3 Å². The number of ether oxygens (including phenoxy) is 1. The molecule has 1 aromatic carbocycles. The molecule has 3 aromatic rings. The van der Waals surface area contributed by atoms with E-state index in [9.17, 15) is 4.79 Å². The second-order valence-electron chi connectivity index (χ2n) is 7.46. The Bertz CT molecular complexity index is 1010. The van der Waals surface area contributed by atoms with Crippen molar-refractivity contribution in [3.63, 3.8) is 0 Å². The van der Waals surface area contributed by atoms with Gasteiger partial charge in [0.05, 0.1) is 29.3 Å². The molecule has 8 heteroatoms. The summed E-state index contributed by atoms with van der Waals surface area (Å²) in [6, 6.07) is 9.96. The molecule has 1 amide bonds. The first-order chi connectivity index (χ1) is 14.5. The lowest BCUT2D eigenvalue weighted by molar-refractivity contribution is -0.115. The van der Waals surface area contributed by atoms with Crippen molar-refractivity contribution in [1.29, 1.82) is 0 Å². The Morgan fingerprint density at radius 1 is 1.33 bits per heavy atom. The highest BCUT2D eigenvalue weighted by Gasteiger charge is 2.24. The van der Waals surface area contributed by atoms with E-state index in [1.165, 1.54) is 23.1 Å². The molecule has 0 unspecified atom stereocenters. The van der Waals surface area contributed by atoms with Gasteiger partial charge in [0, 0.05) is 23.2 Å². The van der Waals surface area contributed by atoms with Gasteiger partial charge in [0.25, 0.3) is 0 Å². The number of aromatic nitrogens is 3. The van der Waals surface area contributed by atoms with E-state index in [0.717, 1.165) is 53.8 Å². The topological polar surface area (TPSA) is 69.0 Å². The number of hydrogen-bond donors (Lipinski definition) is 1. The predicted octanol–water partition coefficient (Wildman–Crippen LogP) is 4.92. The number of carbonyl (C=O) groups excluding carboxylic acids is 1. The van der Waals surface area contributed by atoms with Gasteiger partial charge < -0.3 is 14.6 Å². The molecule has 2 atom stereocenters. The third-order valence-electron chi connectivity index (χ3n) is 5.29. The smallest absolute Gasteiger partial charge is 0.239 e. The molecule has 1 aliphatic heterocycles. The normalized spacial score (nSPS) is 17.2. The molecule has 30 heavy (non-hydrogen) atoms. The number of anilines is 1. The van der Waals surface area contributed by atoms with Crippen LogP contribution in [0.25, 0.3) is 11.3 Å². The molecule has 6 nitrogen and oxygen atoms in total. The number of carbonyl (C=O) groups is 1. The number of nitrogens with zero attached hydrogens (tertiary/aromatic N) is 3. The van der Waals surface area contributed by atoms with Crippen molar-refractivity contribution >= 4 is 34.1 Å². The fraction of sp³-hybridized carbons (Fsp3) is 0.409. The van der Waals surface area contributed by atoms with Crippen molar-refractivity contribution < 1.29 is 9.53 Å². The standard InChI is InChI=1S/C22H26N4O2S2/c1-14-15(2)26(12-18-10-7-11-28-18)22(23-14)30-16(3)20(27)25-21-24-19(13-29-21)17-8-5-4-6-9-17/h4-6,8-9,13,16,18H,7,10-12H2,1-3H3,(H,24,25,27)/t16-,18+/m0/s1. The second-order valence-corrected chi connectivity index (χ2v) is 9.63. The first-order valence-electron chi connectivity index (χ1n) is 10.1. The molecule has 0 saturated carbocycles. The fourth-order valence-electron chi connectivity index (χ4n) is 3.41. The lowest BCUT2D eigenvalue weighted by Crippen LogP contribution is -2.23. The van der Waals surface area contributed by atoms with Gasteiger partial charge in [-0.05, 0) is 33.6 Å². The van der Waals surface area contributed by atoms with Gasteiger partial charge in [0.1, 0.15) is 0 Å². The van der Waals surface area contributed by atoms with Crippen LogP contribution in [0, 0.1) is 13.8 Å². The number of thiazole rings is 1. The monoisotopic (exact) mass is 442 g/mol. The fourth-order valence-corrected chi connectivity index (χ4v) is 5.14. The third-order valence-corrected chi connectivity index (χ3v) is 7.14. The van der Waals surface area contributed by atoms with Crippen LogP contribution < -0.4 is 5.32 Å². The zero-order chi connectivity index (χ0) is 21.1. The molecule has 1 N–H and O–H groups in total. The zero-order valence-corrected chi connectivity index (χ0v) is 19.1. The maximum atomic E-state index is 12.8. The highest BCUT2D eigenvalue weighted by Crippen LogP contribution is 2.29. The molecule has 0 spiro atoms. The molecule has 158 valence electrons. The summed E-state index contributed by atoms with van der Waals surface area (Å²) < 4.78 is 7.99. The summed E-state index contributed by atoms with van der Waals surface area (Å²) in [5.41, 5.74) is 4.04. The summed E-state index contributed by atoms with van der Waals surface area (Å²) in [4.78, 5) is 22.0. The average Bonchev–Trinajstić information content (AvgIpc) is 3.48. The number of benzene rings is 1. The summed E-state index contributed by atoms with van der Waals surface area (Å²) >= 11 is 2.92. The van der Waals surface area contributed by atoms with E-state index in [-0.39, 0.29) is 17.3 Å². The number of thioether (sulfide) groups is 1. The van der Waals surface area contributed by atoms with Gasteiger partial charge in [-0.15, -0.1) is 11.3 Å². The summed E-state index contributed by atoms with van der Waals surface area (Å²) in [6.45, 7) is 7.61. The largest absolute Gasteiger partial charge is 0.376 e. The number of aryl methyl sites for hydroxylation is 1. The van der Waals surface area contributed by atoms with Gasteiger partial charge in [0.2, 0.25) is 5.91 Å². The van der Waals surface area contributed by atoms with Gasteiger partial charge in [-0.3, -0.25) is 4.79 Å². The molecule has 2 aromatic heterocycles. The molecule has 3 heterocycles. The van der Waals surface area contributed by atoms with Crippen LogP contribution in [0.2, 0.25) is 0 Å². The first kappa shape index (κ1) is 21.1. The van der Waals surface area contributed by atoms with Crippen LogP contribution in [-0.4, -0.2) is 38.4 Å². The van der Waals surface area contributed by atoms with E-state index in [2.05, 4.69) is 21.8 Å². The van der Waals surface area contributed by atoms with Gasteiger partial charge >= 0.3 is 0 Å². The lowest BCUT2D eigenvalue weighted by atomic mass is 10.2. The molecule has 1 aliphatic rings. The van der Waals surface area contributed by atoms with Crippen LogP contribution in [0.3, 0.4) is 0 Å². The Kier molecular flexibility index (Phi) is 6.55. The number of rotatable bonds is 7. The molecule has 1 fully saturated rings. The Morgan fingerprint density at radius 3 is 2.87 bits per heavy atom. The average molecular weight is 443 g/mol. The van der Waals surface area contributed by atoms with Crippen LogP contribution in [0.5, 0.6) is 0 Å². The maximum absolute atomic E-state index is 12.8. The summed E-state index contributed by atoms with van der Waals surface area (Å²) in [5.74, 6) is -0.0732. The van der Waals surface area contributed by atoms with Crippen LogP contribution in [0.15, 0.2) is 40.9 Å². The SMILES string of the molecule is Cc1nc(S[C@@H](C)C(=O)Nc2nc(-c3ccccc3)cs2)n(C[C@H]2CCCO2)c1C. The van der Waals surface area contributed by atoms with E-state index in [1.807, 2.05) is 49.6 Å². The molecular formula is C22H26N4O2S2. The number of imidazole rings is 1. The Labute approximate surface area is 185 Å². The molecule has 0 aliphatic carbocycles. The molecule has 0 bridgehead atoms. The maximum Gasteiger partial charge on any atom is 0.239 e. The highest BCUT2D eigenvalue weighted by atomic mass is 32.2. The van der Waals surface area contributed by atoms with E-state index in [4.69, 9.17) is 9.72 Å². The van der Waals surface area contributed by atoms with E-state index >= 15 is 0 Å². The minimum Gasteiger partial charge on any atom is -0.376 e. The Morgan fingerprint density at radius 2 is 2.13 bits per heavy atom. The van der Waals surface area contributed by atoms with Gasteiger partial charge in [-0.2, -0.15) is 0 Å². The quantitative estimate of drug-likeness (QED) is 0.526. The van der Waals surface area contributed by atoms with Gasteiger partial charge in [-0.25, -0.2) is 9.97 Å². The zero-order valence-electron chi connectivity index (χ0n) is 17.4. The summed E-state index contributed by atoms with van der Waals surface area (Å²) in [6.07, 6.45) is 2.41. The molecule has 1 saturated heterocycles. The van der Waals surface area contributed by atoms with Gasteiger partial charge in [-0.1, -0.05) is 42.1 Å². The lowest BCUT2D eigenvalue weighted by Gasteiger charge is -2.16. The van der Waals surface area contributed by atoms with Crippen LogP contribution in [0.1, 0.15) is 31.2 Å². The molecule has 4 rings (SSSR count). The van der Waals surface area contributed by atoms with E-state index in [1.54, 1.807) is 0 Å². The van der Waals surface area contributed by atoms with Crippen molar-refractivity contribution in [3.8, 4) is 11.3 Å². The van der Waals surface area contributed by atoms with Crippen LogP contribution in [0.4, 0.5) is 5.13 Å². The predicted molar refractivity (Wildman–Crippen MR) is 122 cm³/mol. The molecular weight excluding hydrogens is 416 g/mol. The highest BCUT2D eigenvalue weighted by molar-refractivity contribution is 8.00. The second kappa shape index (κ2) is 9.32. The van der Waals surface area contributed by atoms with Crippen LogP contribution >= 0.6 is 23.1 Å².